The van der Waals surface area contributed by atoms with Crippen LogP contribution in [0.2, 0.25) is 0 Å². The van der Waals surface area contributed by atoms with Crippen LogP contribution < -0.4 is 5.32 Å². The van der Waals surface area contributed by atoms with Crippen molar-refractivity contribution in [2.75, 3.05) is 33.4 Å². The van der Waals surface area contributed by atoms with Crippen LogP contribution in [0.4, 0.5) is 0 Å². The Hall–Kier alpha value is -1.39. The molecule has 1 saturated heterocycles. The lowest BCUT2D eigenvalue weighted by atomic mass is 9.93. The van der Waals surface area contributed by atoms with E-state index in [1.807, 2.05) is 11.9 Å². The van der Waals surface area contributed by atoms with Gasteiger partial charge in [-0.05, 0) is 44.5 Å². The number of ether oxygens (including phenoxy) is 1. The molecule has 1 unspecified atom stereocenters. The summed E-state index contributed by atoms with van der Waals surface area (Å²) in [4.78, 5) is 13.8. The second kappa shape index (κ2) is 6.37. The number of nitrogens with one attached hydrogen (secondary N) is 1. The van der Waals surface area contributed by atoms with E-state index in [0.717, 1.165) is 0 Å². The van der Waals surface area contributed by atoms with Crippen molar-refractivity contribution >= 4 is 5.91 Å². The Morgan fingerprint density at radius 1 is 1.30 bits per heavy atom. The average Bonchev–Trinajstić information content (AvgIpc) is 2.38. The lowest BCUT2D eigenvalue weighted by Crippen LogP contribution is -2.45. The third-order valence-electron chi connectivity index (χ3n) is 3.92. The molecular formula is C16H24N2O2. The molecule has 0 saturated carbocycles. The normalized spacial score (nSPS) is 17.4. The Labute approximate surface area is 121 Å². The summed E-state index contributed by atoms with van der Waals surface area (Å²) < 4.78 is 5.18. The summed E-state index contributed by atoms with van der Waals surface area (Å²) in [6.07, 6.45) is 0. The van der Waals surface area contributed by atoms with Gasteiger partial charge in [0.15, 0.2) is 0 Å². The van der Waals surface area contributed by atoms with E-state index in [1.54, 1.807) is 0 Å². The minimum absolute atomic E-state index is 0.0823. The molecule has 1 N–H and O–H groups in total. The second-order valence-electron chi connectivity index (χ2n) is 5.55. The number of amides is 1. The van der Waals surface area contributed by atoms with Crippen molar-refractivity contribution in [2.45, 2.75) is 26.8 Å². The number of aryl methyl sites for hydroxylation is 3. The first-order valence-electron chi connectivity index (χ1n) is 7.13. The van der Waals surface area contributed by atoms with Crippen LogP contribution in [0.25, 0.3) is 0 Å². The van der Waals surface area contributed by atoms with Gasteiger partial charge in [-0.3, -0.25) is 4.79 Å². The van der Waals surface area contributed by atoms with Gasteiger partial charge in [0, 0.05) is 13.1 Å². The van der Waals surface area contributed by atoms with Crippen molar-refractivity contribution in [1.29, 1.82) is 0 Å². The van der Waals surface area contributed by atoms with Crippen LogP contribution in [0.3, 0.4) is 0 Å². The molecule has 2 rings (SSSR count). The van der Waals surface area contributed by atoms with E-state index in [2.05, 4.69) is 38.2 Å². The van der Waals surface area contributed by atoms with Crippen LogP contribution in [-0.2, 0) is 9.53 Å². The van der Waals surface area contributed by atoms with Crippen molar-refractivity contribution in [3.8, 4) is 0 Å². The van der Waals surface area contributed by atoms with Crippen LogP contribution in [0.5, 0.6) is 0 Å². The number of hydrogen-bond acceptors (Lipinski definition) is 3. The highest BCUT2D eigenvalue weighted by Crippen LogP contribution is 2.24. The first kappa shape index (κ1) is 15.0. The number of morpholine rings is 1. The lowest BCUT2D eigenvalue weighted by Gasteiger charge is -2.32. The molecule has 0 aliphatic carbocycles. The molecule has 1 amide bonds. The van der Waals surface area contributed by atoms with Gasteiger partial charge >= 0.3 is 0 Å². The Kier molecular flexibility index (Phi) is 4.78. The zero-order chi connectivity index (χ0) is 14.7. The second-order valence-corrected chi connectivity index (χ2v) is 5.55. The number of rotatable bonds is 4. The van der Waals surface area contributed by atoms with Gasteiger partial charge in [0.2, 0.25) is 5.91 Å². The van der Waals surface area contributed by atoms with Crippen molar-refractivity contribution < 1.29 is 9.53 Å². The topological polar surface area (TPSA) is 41.6 Å². The minimum Gasteiger partial charge on any atom is -0.370 e. The molecule has 110 valence electrons. The number of likely N-dealkylation sites (N-methyl/N-ethyl adjacent to an activating group) is 1. The van der Waals surface area contributed by atoms with Crippen LogP contribution in [0.1, 0.15) is 28.3 Å². The summed E-state index contributed by atoms with van der Waals surface area (Å²) in [6, 6.07) is 4.57. The fourth-order valence-corrected chi connectivity index (χ4v) is 3.03. The lowest BCUT2D eigenvalue weighted by molar-refractivity contribution is -0.143. The smallest absolute Gasteiger partial charge is 0.248 e. The summed E-state index contributed by atoms with van der Waals surface area (Å²) >= 11 is 0. The molecule has 4 nitrogen and oxygen atoms in total. The molecule has 4 heteroatoms. The molecule has 1 aliphatic rings. The maximum Gasteiger partial charge on any atom is 0.248 e. The Morgan fingerprint density at radius 2 is 1.95 bits per heavy atom. The van der Waals surface area contributed by atoms with Gasteiger partial charge in [0.05, 0.1) is 12.6 Å². The Balaban J connectivity index is 2.22. The summed E-state index contributed by atoms with van der Waals surface area (Å²) in [5, 5.41) is 3.35. The molecule has 1 aliphatic heterocycles. The van der Waals surface area contributed by atoms with Gasteiger partial charge in [0.1, 0.15) is 6.61 Å². The third kappa shape index (κ3) is 3.19. The van der Waals surface area contributed by atoms with Gasteiger partial charge in [-0.1, -0.05) is 17.7 Å². The summed E-state index contributed by atoms with van der Waals surface area (Å²) in [6.45, 7) is 8.62. The van der Waals surface area contributed by atoms with Gasteiger partial charge in [-0.25, -0.2) is 0 Å². The van der Waals surface area contributed by atoms with Crippen molar-refractivity contribution in [3.63, 3.8) is 0 Å². The standard InChI is InChI=1S/C16H24N2O2/c1-11-7-12(2)16(13(3)8-11)14(17-4)9-18-5-6-20-10-15(18)19/h7-8,14,17H,5-6,9-10H2,1-4H3. The van der Waals surface area contributed by atoms with Crippen molar-refractivity contribution in [1.82, 2.24) is 10.2 Å². The van der Waals surface area contributed by atoms with E-state index in [-0.39, 0.29) is 18.6 Å². The molecule has 1 heterocycles. The SMILES string of the molecule is CNC(CN1CCOCC1=O)c1c(C)cc(C)cc1C. The average molecular weight is 276 g/mol. The van der Waals surface area contributed by atoms with E-state index in [1.165, 1.54) is 22.3 Å². The monoisotopic (exact) mass is 276 g/mol. The minimum atomic E-state index is 0.0823. The van der Waals surface area contributed by atoms with Gasteiger partial charge < -0.3 is 15.0 Å². The van der Waals surface area contributed by atoms with Gasteiger partial charge in [-0.15, -0.1) is 0 Å². The largest absolute Gasteiger partial charge is 0.370 e. The quantitative estimate of drug-likeness (QED) is 0.910. The molecular weight excluding hydrogens is 252 g/mol. The van der Waals surface area contributed by atoms with E-state index in [9.17, 15) is 4.79 Å². The predicted octanol–water partition coefficient (Wildman–Crippen LogP) is 1.73. The van der Waals surface area contributed by atoms with E-state index >= 15 is 0 Å². The number of hydrogen-bond donors (Lipinski definition) is 1. The van der Waals surface area contributed by atoms with Gasteiger partial charge in [0.25, 0.3) is 0 Å². The highest BCUT2D eigenvalue weighted by molar-refractivity contribution is 5.78. The maximum absolute atomic E-state index is 11.9. The highest BCUT2D eigenvalue weighted by Gasteiger charge is 2.24. The molecule has 0 spiro atoms. The Morgan fingerprint density at radius 3 is 2.50 bits per heavy atom. The zero-order valence-corrected chi connectivity index (χ0v) is 12.8. The maximum atomic E-state index is 11.9. The molecule has 0 radical (unpaired) electrons. The van der Waals surface area contributed by atoms with E-state index < -0.39 is 0 Å². The van der Waals surface area contributed by atoms with Crippen LogP contribution in [-0.4, -0.2) is 44.2 Å². The number of nitrogens with zero attached hydrogens (tertiary/aromatic N) is 1. The number of carbonyl (C=O) groups is 1. The van der Waals surface area contributed by atoms with Crippen molar-refractivity contribution in [3.05, 3.63) is 34.4 Å². The molecule has 0 aromatic heterocycles. The summed E-state index contributed by atoms with van der Waals surface area (Å²) in [5.41, 5.74) is 5.14. The molecule has 1 aromatic carbocycles. The number of carbonyl (C=O) groups excluding carboxylic acids is 1. The fourth-order valence-electron chi connectivity index (χ4n) is 3.03. The number of benzene rings is 1. The summed E-state index contributed by atoms with van der Waals surface area (Å²) in [7, 11) is 1.95. The van der Waals surface area contributed by atoms with E-state index in [4.69, 9.17) is 4.74 Å². The van der Waals surface area contributed by atoms with Gasteiger partial charge in [-0.2, -0.15) is 0 Å². The van der Waals surface area contributed by atoms with Crippen LogP contribution in [0, 0.1) is 20.8 Å². The molecule has 1 atom stereocenters. The third-order valence-corrected chi connectivity index (χ3v) is 3.92. The predicted molar refractivity (Wildman–Crippen MR) is 79.9 cm³/mol. The zero-order valence-electron chi connectivity index (χ0n) is 12.8. The molecule has 20 heavy (non-hydrogen) atoms. The summed E-state index contributed by atoms with van der Waals surface area (Å²) in [5.74, 6) is 0.0823. The first-order valence-corrected chi connectivity index (χ1v) is 7.13. The molecule has 1 aromatic rings. The van der Waals surface area contributed by atoms with Crippen LogP contribution >= 0.6 is 0 Å². The fraction of sp³-hybridized carbons (Fsp3) is 0.562. The Bertz CT molecular complexity index is 476. The van der Waals surface area contributed by atoms with Crippen molar-refractivity contribution in [2.24, 2.45) is 0 Å². The van der Waals surface area contributed by atoms with Crippen LogP contribution in [0.15, 0.2) is 12.1 Å². The highest BCUT2D eigenvalue weighted by atomic mass is 16.5. The molecule has 0 bridgehead atoms. The van der Waals surface area contributed by atoms with E-state index in [0.29, 0.717) is 19.7 Å². The molecule has 1 fully saturated rings. The first-order chi connectivity index (χ1) is 9.52.